The van der Waals surface area contributed by atoms with Crippen LogP contribution in [0.2, 0.25) is 0 Å². The van der Waals surface area contributed by atoms with Gasteiger partial charge in [-0.15, -0.1) is 0 Å². The van der Waals surface area contributed by atoms with Gasteiger partial charge in [-0.2, -0.15) is 5.10 Å². The van der Waals surface area contributed by atoms with Gasteiger partial charge >= 0.3 is 5.97 Å². The second-order valence-electron chi connectivity index (χ2n) is 4.99. The highest BCUT2D eigenvalue weighted by Crippen LogP contribution is 2.25. The molecule has 1 aromatic rings. The number of carbonyl (C=O) groups is 2. The molecule has 0 aliphatic carbocycles. The Morgan fingerprint density at radius 1 is 1.41 bits per heavy atom. The van der Waals surface area contributed by atoms with Gasteiger partial charge in [0.05, 0.1) is 18.4 Å². The second kappa shape index (κ2) is 4.69. The number of hydrogen-bond acceptors (Lipinski definition) is 4. The molecule has 94 valence electrons. The minimum absolute atomic E-state index is 0.234. The average Bonchev–Trinajstić information content (AvgIpc) is 2.59. The minimum Gasteiger partial charge on any atom is -0.469 e. The molecule has 0 saturated carbocycles. The van der Waals surface area contributed by atoms with E-state index < -0.39 is 5.97 Å². The zero-order valence-electron chi connectivity index (χ0n) is 10.9. The van der Waals surface area contributed by atoms with Crippen molar-refractivity contribution in [2.45, 2.75) is 32.6 Å². The van der Waals surface area contributed by atoms with Crippen LogP contribution in [0.5, 0.6) is 0 Å². The fourth-order valence-corrected chi connectivity index (χ4v) is 1.54. The Hall–Kier alpha value is -1.65. The monoisotopic (exact) mass is 238 g/mol. The highest BCUT2D eigenvalue weighted by molar-refractivity contribution is 6.06. The standard InChI is InChI=1S/C12H18N2O3/c1-12(2,3)11-8(7-14(4)13-11)9(15)6-10(16)17-5/h7H,6H2,1-5H3. The lowest BCUT2D eigenvalue weighted by Gasteiger charge is -2.16. The van der Waals surface area contributed by atoms with Gasteiger partial charge in [0.15, 0.2) is 5.78 Å². The van der Waals surface area contributed by atoms with Gasteiger partial charge in [-0.05, 0) is 0 Å². The van der Waals surface area contributed by atoms with E-state index in [-0.39, 0.29) is 17.6 Å². The molecule has 0 bridgehead atoms. The highest BCUT2D eigenvalue weighted by atomic mass is 16.5. The summed E-state index contributed by atoms with van der Waals surface area (Å²) in [4.78, 5) is 23.0. The number of aromatic nitrogens is 2. The van der Waals surface area contributed by atoms with Crippen molar-refractivity contribution in [1.82, 2.24) is 9.78 Å². The van der Waals surface area contributed by atoms with Crippen molar-refractivity contribution in [2.24, 2.45) is 7.05 Å². The number of hydrogen-bond donors (Lipinski definition) is 0. The Kier molecular flexibility index (Phi) is 3.70. The second-order valence-corrected chi connectivity index (χ2v) is 4.99. The van der Waals surface area contributed by atoms with Gasteiger partial charge in [-0.25, -0.2) is 0 Å². The third-order valence-corrected chi connectivity index (χ3v) is 2.37. The van der Waals surface area contributed by atoms with Crippen LogP contribution in [0.1, 0.15) is 43.2 Å². The molecule has 0 N–H and O–H groups in total. The van der Waals surface area contributed by atoms with Gasteiger partial charge < -0.3 is 4.74 Å². The molecular formula is C12H18N2O3. The maximum absolute atomic E-state index is 11.9. The van der Waals surface area contributed by atoms with Gasteiger partial charge in [-0.1, -0.05) is 20.8 Å². The highest BCUT2D eigenvalue weighted by Gasteiger charge is 2.26. The van der Waals surface area contributed by atoms with E-state index >= 15 is 0 Å². The fraction of sp³-hybridized carbons (Fsp3) is 0.583. The Morgan fingerprint density at radius 3 is 2.47 bits per heavy atom. The largest absolute Gasteiger partial charge is 0.469 e. The quantitative estimate of drug-likeness (QED) is 0.454. The van der Waals surface area contributed by atoms with Crippen LogP contribution in [0.3, 0.4) is 0 Å². The van der Waals surface area contributed by atoms with E-state index in [2.05, 4.69) is 9.84 Å². The number of ether oxygens (including phenoxy) is 1. The van der Waals surface area contributed by atoms with Crippen molar-refractivity contribution < 1.29 is 14.3 Å². The van der Waals surface area contributed by atoms with Gasteiger partial charge in [0.25, 0.3) is 0 Å². The number of esters is 1. The summed E-state index contributed by atoms with van der Waals surface area (Å²) in [7, 11) is 3.02. The summed E-state index contributed by atoms with van der Waals surface area (Å²) in [5.41, 5.74) is 0.960. The third kappa shape index (κ3) is 3.15. The molecule has 0 spiro atoms. The third-order valence-electron chi connectivity index (χ3n) is 2.37. The molecule has 17 heavy (non-hydrogen) atoms. The van der Waals surface area contributed by atoms with Crippen molar-refractivity contribution in [3.8, 4) is 0 Å². The fourth-order valence-electron chi connectivity index (χ4n) is 1.54. The Labute approximate surface area is 101 Å². The Bertz CT molecular complexity index is 441. The van der Waals surface area contributed by atoms with E-state index in [9.17, 15) is 9.59 Å². The normalized spacial score (nSPS) is 11.4. The summed E-state index contributed by atoms with van der Waals surface area (Å²) in [6.07, 6.45) is 1.40. The Morgan fingerprint density at radius 2 is 2.00 bits per heavy atom. The number of ketones is 1. The molecule has 5 heteroatoms. The number of Topliss-reactive ketones (excluding diaryl/α,β-unsaturated/α-hetero) is 1. The Balaban J connectivity index is 3.05. The first kappa shape index (κ1) is 13.4. The van der Waals surface area contributed by atoms with Crippen LogP contribution in [0.25, 0.3) is 0 Å². The van der Waals surface area contributed by atoms with E-state index in [0.717, 1.165) is 0 Å². The maximum Gasteiger partial charge on any atom is 0.313 e. The van der Waals surface area contributed by atoms with Crippen LogP contribution >= 0.6 is 0 Å². The SMILES string of the molecule is COC(=O)CC(=O)c1cn(C)nc1C(C)(C)C. The first-order chi connectivity index (χ1) is 7.75. The van der Waals surface area contributed by atoms with Crippen LogP contribution in [-0.4, -0.2) is 28.6 Å². The molecular weight excluding hydrogens is 220 g/mol. The molecule has 1 aromatic heterocycles. The summed E-state index contributed by atoms with van der Waals surface area (Å²) in [5, 5.41) is 4.28. The molecule has 0 atom stereocenters. The van der Waals surface area contributed by atoms with Crippen molar-refractivity contribution in [3.05, 3.63) is 17.5 Å². The van der Waals surface area contributed by atoms with E-state index in [0.29, 0.717) is 11.3 Å². The number of carbonyl (C=O) groups excluding carboxylic acids is 2. The summed E-state index contributed by atoms with van der Waals surface area (Å²) in [6, 6.07) is 0. The number of methoxy groups -OCH3 is 1. The van der Waals surface area contributed by atoms with E-state index in [1.807, 2.05) is 20.8 Å². The molecule has 1 heterocycles. The number of rotatable bonds is 3. The molecule has 5 nitrogen and oxygen atoms in total. The molecule has 0 aromatic carbocycles. The molecule has 0 radical (unpaired) electrons. The lowest BCUT2D eigenvalue weighted by Crippen LogP contribution is -2.18. The van der Waals surface area contributed by atoms with Crippen molar-refractivity contribution >= 4 is 11.8 Å². The zero-order chi connectivity index (χ0) is 13.2. The van der Waals surface area contributed by atoms with Crippen LogP contribution in [0.4, 0.5) is 0 Å². The van der Waals surface area contributed by atoms with Crippen molar-refractivity contribution in [3.63, 3.8) is 0 Å². The first-order valence-corrected chi connectivity index (χ1v) is 5.40. The van der Waals surface area contributed by atoms with Crippen LogP contribution in [0, 0.1) is 0 Å². The minimum atomic E-state index is -0.529. The zero-order valence-corrected chi connectivity index (χ0v) is 10.9. The topological polar surface area (TPSA) is 61.2 Å². The predicted molar refractivity (Wildman–Crippen MR) is 62.9 cm³/mol. The lowest BCUT2D eigenvalue weighted by molar-refractivity contribution is -0.139. The molecule has 0 aliphatic rings. The van der Waals surface area contributed by atoms with E-state index in [4.69, 9.17) is 0 Å². The van der Waals surface area contributed by atoms with Crippen molar-refractivity contribution in [2.75, 3.05) is 7.11 Å². The number of aryl methyl sites for hydroxylation is 1. The van der Waals surface area contributed by atoms with Crippen LogP contribution in [-0.2, 0) is 22.0 Å². The van der Waals surface area contributed by atoms with Crippen LogP contribution in [0.15, 0.2) is 6.20 Å². The predicted octanol–water partition coefficient (Wildman–Crippen LogP) is 1.46. The molecule has 0 aliphatic heterocycles. The molecule has 0 saturated heterocycles. The summed E-state index contributed by atoms with van der Waals surface area (Å²) in [6.45, 7) is 5.93. The van der Waals surface area contributed by atoms with Crippen molar-refractivity contribution in [1.29, 1.82) is 0 Å². The summed E-state index contributed by atoms with van der Waals surface area (Å²) in [5.74, 6) is -0.784. The number of nitrogens with zero attached hydrogens (tertiary/aromatic N) is 2. The van der Waals surface area contributed by atoms with E-state index in [1.54, 1.807) is 17.9 Å². The van der Waals surface area contributed by atoms with E-state index in [1.165, 1.54) is 7.11 Å². The summed E-state index contributed by atoms with van der Waals surface area (Å²) < 4.78 is 6.08. The molecule has 0 amide bonds. The summed E-state index contributed by atoms with van der Waals surface area (Å²) >= 11 is 0. The smallest absolute Gasteiger partial charge is 0.313 e. The molecule has 0 unspecified atom stereocenters. The lowest BCUT2D eigenvalue weighted by atomic mass is 9.88. The van der Waals surface area contributed by atoms with Gasteiger partial charge in [0.2, 0.25) is 0 Å². The molecule has 0 fully saturated rings. The average molecular weight is 238 g/mol. The first-order valence-electron chi connectivity index (χ1n) is 5.40. The van der Waals surface area contributed by atoms with Crippen LogP contribution < -0.4 is 0 Å². The van der Waals surface area contributed by atoms with Gasteiger partial charge in [0.1, 0.15) is 6.42 Å². The van der Waals surface area contributed by atoms with Gasteiger partial charge in [0, 0.05) is 18.7 Å². The molecule has 1 rings (SSSR count). The maximum atomic E-state index is 11.9. The van der Waals surface area contributed by atoms with Gasteiger partial charge in [-0.3, -0.25) is 14.3 Å².